The van der Waals surface area contributed by atoms with Crippen molar-refractivity contribution < 1.29 is 4.79 Å². The van der Waals surface area contributed by atoms with Crippen molar-refractivity contribution >= 4 is 11.5 Å². The van der Waals surface area contributed by atoms with Gasteiger partial charge in [-0.15, -0.1) is 0 Å². The molecule has 0 atom stereocenters. The Morgan fingerprint density at radius 1 is 1.38 bits per heavy atom. The molecular weight excluding hydrogens is 198 g/mol. The summed E-state index contributed by atoms with van der Waals surface area (Å²) in [5.41, 5.74) is 2.87. The van der Waals surface area contributed by atoms with Gasteiger partial charge in [0.1, 0.15) is 0 Å². The molecule has 0 saturated heterocycles. The molecule has 0 bridgehead atoms. The first-order valence-electron chi connectivity index (χ1n) is 5.54. The molecule has 0 aliphatic heterocycles. The van der Waals surface area contributed by atoms with Gasteiger partial charge in [0.05, 0.1) is 0 Å². The number of likely N-dealkylation sites (N-methyl/N-ethyl adjacent to an activating group) is 1. The summed E-state index contributed by atoms with van der Waals surface area (Å²) in [5, 5.41) is 0. The Bertz CT molecular complexity index is 395. The smallest absolute Gasteiger partial charge is 0.164 e. The van der Waals surface area contributed by atoms with Crippen molar-refractivity contribution in [3.63, 3.8) is 0 Å². The summed E-state index contributed by atoms with van der Waals surface area (Å²) in [4.78, 5) is 13.8. The minimum absolute atomic E-state index is 0.184. The summed E-state index contributed by atoms with van der Waals surface area (Å²) in [5.74, 6) is 0.184. The van der Waals surface area contributed by atoms with Crippen molar-refractivity contribution in [2.75, 3.05) is 18.5 Å². The predicted molar refractivity (Wildman–Crippen MR) is 69.1 cm³/mol. The molecule has 0 unspecified atom stereocenters. The molecule has 0 aliphatic rings. The van der Waals surface area contributed by atoms with E-state index in [1.807, 2.05) is 45.2 Å². The Hall–Kier alpha value is -1.57. The van der Waals surface area contributed by atoms with Crippen LogP contribution < -0.4 is 4.90 Å². The first-order valence-corrected chi connectivity index (χ1v) is 5.54. The van der Waals surface area contributed by atoms with Gasteiger partial charge in [0.15, 0.2) is 5.78 Å². The van der Waals surface area contributed by atoms with E-state index in [1.165, 1.54) is 0 Å². The fraction of sp³-hybridized carbons (Fsp3) is 0.357. The molecule has 1 aromatic carbocycles. The highest BCUT2D eigenvalue weighted by Crippen LogP contribution is 2.21. The van der Waals surface area contributed by atoms with Crippen LogP contribution in [0.1, 0.15) is 30.6 Å². The average Bonchev–Trinajstić information content (AvgIpc) is 2.27. The first kappa shape index (κ1) is 12.5. The van der Waals surface area contributed by atoms with E-state index >= 15 is 0 Å². The molecule has 86 valence electrons. The minimum Gasteiger partial charge on any atom is -0.370 e. The lowest BCUT2D eigenvalue weighted by atomic mass is 10.1. The van der Waals surface area contributed by atoms with Gasteiger partial charge in [-0.2, -0.15) is 0 Å². The summed E-state index contributed by atoms with van der Waals surface area (Å²) in [7, 11) is 1.98. The van der Waals surface area contributed by atoms with Crippen LogP contribution in [0.15, 0.2) is 36.4 Å². The van der Waals surface area contributed by atoms with Crippen LogP contribution in [0.5, 0.6) is 0 Å². The molecule has 0 aliphatic carbocycles. The lowest BCUT2D eigenvalue weighted by Crippen LogP contribution is -2.21. The number of ketones is 1. The second-order valence-corrected chi connectivity index (χ2v) is 4.11. The van der Waals surface area contributed by atoms with Crippen molar-refractivity contribution in [3.05, 3.63) is 42.0 Å². The summed E-state index contributed by atoms with van der Waals surface area (Å²) >= 11 is 0. The number of carbonyl (C=O) groups excluding carboxylic acids is 1. The van der Waals surface area contributed by atoms with Crippen LogP contribution in [-0.4, -0.2) is 19.4 Å². The van der Waals surface area contributed by atoms with Gasteiger partial charge in [-0.3, -0.25) is 4.79 Å². The van der Waals surface area contributed by atoms with E-state index in [9.17, 15) is 4.79 Å². The maximum absolute atomic E-state index is 11.8. The van der Waals surface area contributed by atoms with Gasteiger partial charge in [0.2, 0.25) is 0 Å². The van der Waals surface area contributed by atoms with E-state index in [0.29, 0.717) is 6.42 Å². The van der Waals surface area contributed by atoms with Gasteiger partial charge in [-0.05, 0) is 19.1 Å². The van der Waals surface area contributed by atoms with Crippen molar-refractivity contribution in [2.24, 2.45) is 0 Å². The standard InChI is InChI=1S/C14H19NO/c1-5-14(16)12-8-6-7-9-13(12)15(4)10-11(2)3/h6-9H,2,5,10H2,1,3-4H3. The number of anilines is 1. The van der Waals surface area contributed by atoms with E-state index in [1.54, 1.807) is 0 Å². The molecule has 0 saturated carbocycles. The van der Waals surface area contributed by atoms with Crippen LogP contribution >= 0.6 is 0 Å². The summed E-state index contributed by atoms with van der Waals surface area (Å²) in [6, 6.07) is 7.72. The summed E-state index contributed by atoms with van der Waals surface area (Å²) in [6.07, 6.45) is 0.540. The molecule has 2 nitrogen and oxygen atoms in total. The third-order valence-corrected chi connectivity index (χ3v) is 2.44. The van der Waals surface area contributed by atoms with Gasteiger partial charge < -0.3 is 4.90 Å². The van der Waals surface area contributed by atoms with Gasteiger partial charge in [-0.1, -0.05) is 31.2 Å². The summed E-state index contributed by atoms with van der Waals surface area (Å²) in [6.45, 7) is 8.53. The largest absolute Gasteiger partial charge is 0.370 e. The quantitative estimate of drug-likeness (QED) is 0.557. The number of carbonyl (C=O) groups is 1. The number of nitrogens with zero attached hydrogens (tertiary/aromatic N) is 1. The second-order valence-electron chi connectivity index (χ2n) is 4.11. The lowest BCUT2D eigenvalue weighted by molar-refractivity contribution is 0.0988. The number of hydrogen-bond donors (Lipinski definition) is 0. The second kappa shape index (κ2) is 5.50. The highest BCUT2D eigenvalue weighted by atomic mass is 16.1. The molecule has 1 aromatic rings. The number of hydrogen-bond acceptors (Lipinski definition) is 2. The maximum atomic E-state index is 11.8. The zero-order valence-corrected chi connectivity index (χ0v) is 10.3. The highest BCUT2D eigenvalue weighted by Gasteiger charge is 2.11. The number of Topliss-reactive ketones (excluding diaryl/α,β-unsaturated/α-hetero) is 1. The van der Waals surface area contributed by atoms with Crippen LogP contribution in [0.3, 0.4) is 0 Å². The van der Waals surface area contributed by atoms with Gasteiger partial charge >= 0.3 is 0 Å². The molecule has 1 rings (SSSR count). The predicted octanol–water partition coefficient (Wildman–Crippen LogP) is 3.29. The van der Waals surface area contributed by atoms with Crippen LogP contribution in [0.25, 0.3) is 0 Å². The normalized spacial score (nSPS) is 9.94. The molecule has 0 amide bonds. The van der Waals surface area contributed by atoms with E-state index in [4.69, 9.17) is 0 Å². The van der Waals surface area contributed by atoms with Crippen LogP contribution in [0, 0.1) is 0 Å². The van der Waals surface area contributed by atoms with Crippen LogP contribution in [-0.2, 0) is 0 Å². The molecule has 16 heavy (non-hydrogen) atoms. The minimum atomic E-state index is 0.184. The zero-order valence-electron chi connectivity index (χ0n) is 10.3. The molecule has 0 radical (unpaired) electrons. The molecule has 0 heterocycles. The van der Waals surface area contributed by atoms with Crippen molar-refractivity contribution in [1.82, 2.24) is 0 Å². The monoisotopic (exact) mass is 217 g/mol. The summed E-state index contributed by atoms with van der Waals surface area (Å²) < 4.78 is 0. The fourth-order valence-corrected chi connectivity index (χ4v) is 1.72. The fourth-order valence-electron chi connectivity index (χ4n) is 1.72. The third kappa shape index (κ3) is 2.96. The van der Waals surface area contributed by atoms with E-state index in [-0.39, 0.29) is 5.78 Å². The van der Waals surface area contributed by atoms with E-state index in [2.05, 4.69) is 11.5 Å². The first-order chi connectivity index (χ1) is 7.56. The Kier molecular flexibility index (Phi) is 4.29. The average molecular weight is 217 g/mol. The molecule has 0 fully saturated rings. The number of rotatable bonds is 5. The molecule has 0 aromatic heterocycles. The maximum Gasteiger partial charge on any atom is 0.164 e. The van der Waals surface area contributed by atoms with Crippen LogP contribution in [0.2, 0.25) is 0 Å². The Balaban J connectivity index is 3.03. The molecule has 0 N–H and O–H groups in total. The van der Waals surface area contributed by atoms with Gasteiger partial charge in [-0.25, -0.2) is 0 Å². The number of benzene rings is 1. The molecule has 0 spiro atoms. The van der Waals surface area contributed by atoms with Crippen molar-refractivity contribution in [1.29, 1.82) is 0 Å². The van der Waals surface area contributed by atoms with E-state index < -0.39 is 0 Å². The SMILES string of the molecule is C=C(C)CN(C)c1ccccc1C(=O)CC. The van der Waals surface area contributed by atoms with Gasteiger partial charge in [0.25, 0.3) is 0 Å². The van der Waals surface area contributed by atoms with Crippen LogP contribution in [0.4, 0.5) is 5.69 Å². The van der Waals surface area contributed by atoms with E-state index in [0.717, 1.165) is 23.4 Å². The number of para-hydroxylation sites is 1. The Morgan fingerprint density at radius 2 is 2.00 bits per heavy atom. The zero-order chi connectivity index (χ0) is 12.1. The topological polar surface area (TPSA) is 20.3 Å². The Labute approximate surface area is 97.6 Å². The van der Waals surface area contributed by atoms with Crippen molar-refractivity contribution in [2.45, 2.75) is 20.3 Å². The lowest BCUT2D eigenvalue weighted by Gasteiger charge is -2.21. The Morgan fingerprint density at radius 3 is 2.56 bits per heavy atom. The van der Waals surface area contributed by atoms with Crippen molar-refractivity contribution in [3.8, 4) is 0 Å². The molecular formula is C14H19NO. The van der Waals surface area contributed by atoms with Gasteiger partial charge in [0, 0.05) is 31.3 Å². The highest BCUT2D eigenvalue weighted by molar-refractivity contribution is 6.01. The molecule has 2 heteroatoms. The third-order valence-electron chi connectivity index (χ3n) is 2.44.